The van der Waals surface area contributed by atoms with E-state index in [1.54, 1.807) is 0 Å². The molecule has 1 saturated carbocycles. The summed E-state index contributed by atoms with van der Waals surface area (Å²) in [6.45, 7) is 0. The summed E-state index contributed by atoms with van der Waals surface area (Å²) in [4.78, 5) is 12.4. The first-order chi connectivity index (χ1) is 9.57. The SMILES string of the molecule is N#CC1(C(=O)Nc2ccc(F)c(Cl)c2)CCCCCC1. The van der Waals surface area contributed by atoms with Gasteiger partial charge in [-0.25, -0.2) is 4.39 Å². The summed E-state index contributed by atoms with van der Waals surface area (Å²) in [5, 5.41) is 12.1. The van der Waals surface area contributed by atoms with Crippen LogP contribution in [0.5, 0.6) is 0 Å². The predicted molar refractivity (Wildman–Crippen MR) is 75.8 cm³/mol. The normalized spacial score (nSPS) is 17.9. The molecule has 106 valence electrons. The summed E-state index contributed by atoms with van der Waals surface area (Å²) < 4.78 is 13.1. The molecule has 2 rings (SSSR count). The molecule has 1 aliphatic carbocycles. The Balaban J connectivity index is 2.16. The van der Waals surface area contributed by atoms with Crippen molar-refractivity contribution in [3.05, 3.63) is 29.0 Å². The minimum Gasteiger partial charge on any atom is -0.325 e. The number of nitrogens with zero attached hydrogens (tertiary/aromatic N) is 1. The maximum atomic E-state index is 13.1. The molecule has 1 fully saturated rings. The van der Waals surface area contributed by atoms with Crippen LogP contribution in [0, 0.1) is 22.6 Å². The second-order valence-electron chi connectivity index (χ2n) is 5.19. The van der Waals surface area contributed by atoms with E-state index in [9.17, 15) is 14.4 Å². The molecule has 20 heavy (non-hydrogen) atoms. The molecule has 5 heteroatoms. The lowest BCUT2D eigenvalue weighted by molar-refractivity contribution is -0.123. The molecule has 1 aromatic rings. The first kappa shape index (κ1) is 14.8. The third kappa shape index (κ3) is 3.10. The van der Waals surface area contributed by atoms with Gasteiger partial charge >= 0.3 is 0 Å². The van der Waals surface area contributed by atoms with Gasteiger partial charge in [-0.15, -0.1) is 0 Å². The van der Waals surface area contributed by atoms with Crippen molar-refractivity contribution < 1.29 is 9.18 Å². The Hall–Kier alpha value is -1.60. The zero-order valence-corrected chi connectivity index (χ0v) is 11.8. The number of carbonyl (C=O) groups is 1. The third-order valence-corrected chi connectivity index (χ3v) is 4.07. The van der Waals surface area contributed by atoms with Crippen LogP contribution in [0.3, 0.4) is 0 Å². The maximum absolute atomic E-state index is 13.1. The molecule has 0 spiro atoms. The van der Waals surface area contributed by atoms with Crippen molar-refractivity contribution in [1.82, 2.24) is 0 Å². The van der Waals surface area contributed by atoms with E-state index >= 15 is 0 Å². The number of amides is 1. The van der Waals surface area contributed by atoms with Gasteiger partial charge in [0.15, 0.2) is 0 Å². The zero-order chi connectivity index (χ0) is 14.6. The molecule has 0 unspecified atom stereocenters. The van der Waals surface area contributed by atoms with Crippen LogP contribution < -0.4 is 5.32 Å². The van der Waals surface area contributed by atoms with Gasteiger partial charge in [0.1, 0.15) is 11.2 Å². The van der Waals surface area contributed by atoms with E-state index < -0.39 is 11.2 Å². The summed E-state index contributed by atoms with van der Waals surface area (Å²) in [5.74, 6) is -0.848. The molecule has 1 amide bonds. The van der Waals surface area contributed by atoms with Crippen LogP contribution >= 0.6 is 11.6 Å². The highest BCUT2D eigenvalue weighted by molar-refractivity contribution is 6.31. The molecule has 1 N–H and O–H groups in total. The Bertz CT molecular complexity index is 545. The average molecular weight is 295 g/mol. The van der Waals surface area contributed by atoms with Crippen LogP contribution in [-0.2, 0) is 4.79 Å². The van der Waals surface area contributed by atoms with Crippen molar-refractivity contribution in [2.75, 3.05) is 5.32 Å². The number of anilines is 1. The molecule has 0 bridgehead atoms. The number of halogens is 2. The second-order valence-corrected chi connectivity index (χ2v) is 5.60. The smallest absolute Gasteiger partial charge is 0.244 e. The van der Waals surface area contributed by atoms with Crippen molar-refractivity contribution in [2.45, 2.75) is 38.5 Å². The minimum atomic E-state index is -0.975. The number of hydrogen-bond acceptors (Lipinski definition) is 2. The number of nitriles is 1. The van der Waals surface area contributed by atoms with Gasteiger partial charge < -0.3 is 5.32 Å². The molecule has 0 radical (unpaired) electrons. The van der Waals surface area contributed by atoms with Gasteiger partial charge in [-0.1, -0.05) is 37.3 Å². The lowest BCUT2D eigenvalue weighted by Crippen LogP contribution is -2.34. The molecule has 0 atom stereocenters. The Labute approximate surface area is 122 Å². The molecule has 0 saturated heterocycles. The van der Waals surface area contributed by atoms with Gasteiger partial charge in [0.25, 0.3) is 0 Å². The van der Waals surface area contributed by atoms with Crippen LogP contribution in [0.1, 0.15) is 38.5 Å². The number of nitrogens with one attached hydrogen (secondary N) is 1. The van der Waals surface area contributed by atoms with Crippen LogP contribution in [0.4, 0.5) is 10.1 Å². The fourth-order valence-corrected chi connectivity index (χ4v) is 2.73. The standard InChI is InChI=1S/C15H16ClFN2O/c16-12-9-11(5-6-13(12)17)19-14(20)15(10-18)7-3-1-2-4-8-15/h5-6,9H,1-4,7-8H2,(H,19,20). The lowest BCUT2D eigenvalue weighted by atomic mass is 9.81. The summed E-state index contributed by atoms with van der Waals surface area (Å²) in [7, 11) is 0. The van der Waals surface area contributed by atoms with Crippen LogP contribution in [0.2, 0.25) is 5.02 Å². The fraction of sp³-hybridized carbons (Fsp3) is 0.467. The summed E-state index contributed by atoms with van der Waals surface area (Å²) >= 11 is 5.69. The lowest BCUT2D eigenvalue weighted by Gasteiger charge is -2.23. The number of hydrogen-bond donors (Lipinski definition) is 1. The Kier molecular flexibility index (Phi) is 4.61. The van der Waals surface area contributed by atoms with Crippen LogP contribution in [0.25, 0.3) is 0 Å². The molecule has 3 nitrogen and oxygen atoms in total. The van der Waals surface area contributed by atoms with Gasteiger partial charge in [0.2, 0.25) is 5.91 Å². The summed E-state index contributed by atoms with van der Waals surface area (Å²) in [5.41, 5.74) is -0.558. The first-order valence-corrected chi connectivity index (χ1v) is 7.13. The van der Waals surface area contributed by atoms with Gasteiger partial charge in [-0.05, 0) is 31.0 Å². The molecule has 0 aliphatic heterocycles. The maximum Gasteiger partial charge on any atom is 0.244 e. The highest BCUT2D eigenvalue weighted by Gasteiger charge is 2.38. The number of carbonyl (C=O) groups excluding carboxylic acids is 1. The highest BCUT2D eigenvalue weighted by Crippen LogP contribution is 2.35. The van der Waals surface area contributed by atoms with Crippen LogP contribution in [-0.4, -0.2) is 5.91 Å². The fourth-order valence-electron chi connectivity index (χ4n) is 2.55. The van der Waals surface area contributed by atoms with Crippen molar-refractivity contribution in [3.8, 4) is 6.07 Å². The second kappa shape index (κ2) is 6.23. The van der Waals surface area contributed by atoms with E-state index in [0.717, 1.165) is 25.7 Å². The van der Waals surface area contributed by atoms with E-state index in [0.29, 0.717) is 18.5 Å². The van der Waals surface area contributed by atoms with Crippen molar-refractivity contribution in [2.24, 2.45) is 5.41 Å². The number of benzene rings is 1. The average Bonchev–Trinajstić information content (AvgIpc) is 2.69. The molecular formula is C15H16ClFN2O. The van der Waals surface area contributed by atoms with Gasteiger partial charge in [-0.3, -0.25) is 4.79 Å². The van der Waals surface area contributed by atoms with E-state index in [-0.39, 0.29) is 10.9 Å². The van der Waals surface area contributed by atoms with Crippen molar-refractivity contribution in [3.63, 3.8) is 0 Å². The largest absolute Gasteiger partial charge is 0.325 e. The van der Waals surface area contributed by atoms with Crippen molar-refractivity contribution in [1.29, 1.82) is 5.26 Å². The monoisotopic (exact) mass is 294 g/mol. The molecule has 1 aliphatic rings. The Morgan fingerprint density at radius 3 is 2.50 bits per heavy atom. The molecule has 0 heterocycles. The quantitative estimate of drug-likeness (QED) is 0.828. The first-order valence-electron chi connectivity index (χ1n) is 6.75. The van der Waals surface area contributed by atoms with E-state index in [2.05, 4.69) is 11.4 Å². The van der Waals surface area contributed by atoms with Gasteiger partial charge in [-0.2, -0.15) is 5.26 Å². The third-order valence-electron chi connectivity index (χ3n) is 3.78. The van der Waals surface area contributed by atoms with Gasteiger partial charge in [0, 0.05) is 5.69 Å². The predicted octanol–water partition coefficient (Wildman–Crippen LogP) is 4.28. The minimum absolute atomic E-state index is 0.0466. The topological polar surface area (TPSA) is 52.9 Å². The highest BCUT2D eigenvalue weighted by atomic mass is 35.5. The summed E-state index contributed by atoms with van der Waals surface area (Å²) in [6, 6.07) is 6.19. The summed E-state index contributed by atoms with van der Waals surface area (Å²) in [6.07, 6.45) is 5.02. The van der Waals surface area contributed by atoms with Crippen molar-refractivity contribution >= 4 is 23.2 Å². The van der Waals surface area contributed by atoms with E-state index in [1.165, 1.54) is 18.2 Å². The number of rotatable bonds is 2. The Morgan fingerprint density at radius 1 is 1.30 bits per heavy atom. The van der Waals surface area contributed by atoms with E-state index in [4.69, 9.17) is 11.6 Å². The van der Waals surface area contributed by atoms with E-state index in [1.807, 2.05) is 0 Å². The van der Waals surface area contributed by atoms with Gasteiger partial charge in [0.05, 0.1) is 11.1 Å². The zero-order valence-electron chi connectivity index (χ0n) is 11.1. The molecular weight excluding hydrogens is 279 g/mol. The molecule has 1 aromatic carbocycles. The Morgan fingerprint density at radius 2 is 1.95 bits per heavy atom. The van der Waals surface area contributed by atoms with Crippen LogP contribution in [0.15, 0.2) is 18.2 Å². The molecule has 0 aromatic heterocycles.